The van der Waals surface area contributed by atoms with E-state index in [1.165, 1.54) is 0 Å². The maximum absolute atomic E-state index is 11.2. The molecule has 3 rings (SSSR count). The van der Waals surface area contributed by atoms with Crippen molar-refractivity contribution in [1.29, 1.82) is 0 Å². The van der Waals surface area contributed by atoms with Gasteiger partial charge in [0.1, 0.15) is 0 Å². The molecule has 0 bridgehead atoms. The minimum absolute atomic E-state index is 0.345. The highest BCUT2D eigenvalue weighted by Crippen LogP contribution is 2.32. The number of para-hydroxylation sites is 1. The normalized spacial score (nSPS) is 23.6. The van der Waals surface area contributed by atoms with Crippen molar-refractivity contribution in [3.8, 4) is 0 Å². The van der Waals surface area contributed by atoms with E-state index in [0.29, 0.717) is 18.7 Å². The minimum atomic E-state index is -2.01. The first-order chi connectivity index (χ1) is 8.13. The van der Waals surface area contributed by atoms with Crippen molar-refractivity contribution in [3.05, 3.63) is 35.5 Å². The van der Waals surface area contributed by atoms with E-state index in [4.69, 9.17) is 5.11 Å². The van der Waals surface area contributed by atoms with E-state index in [1.54, 1.807) is 0 Å². The van der Waals surface area contributed by atoms with Crippen LogP contribution in [0.3, 0.4) is 0 Å². The van der Waals surface area contributed by atoms with Crippen LogP contribution in [0.5, 0.6) is 0 Å². The lowest BCUT2D eigenvalue weighted by atomic mass is 9.96. The molecule has 0 saturated heterocycles. The highest BCUT2D eigenvalue weighted by Gasteiger charge is 2.43. The Labute approximate surface area is 97.1 Å². The Morgan fingerprint density at radius 1 is 1.35 bits per heavy atom. The summed E-state index contributed by atoms with van der Waals surface area (Å²) in [5.74, 6) is -1.29. The van der Waals surface area contributed by atoms with E-state index in [1.807, 2.05) is 24.3 Å². The highest BCUT2D eigenvalue weighted by atomic mass is 16.4. The lowest BCUT2D eigenvalue weighted by Crippen LogP contribution is -2.53. The number of aromatic nitrogens is 1. The summed E-state index contributed by atoms with van der Waals surface area (Å²) in [5.41, 5.74) is 0.0645. The highest BCUT2D eigenvalue weighted by molar-refractivity contribution is 5.89. The summed E-state index contributed by atoms with van der Waals surface area (Å²) in [6, 6.07) is 7.57. The summed E-state index contributed by atoms with van der Waals surface area (Å²) in [5, 5.41) is 22.9. The van der Waals surface area contributed by atoms with E-state index in [0.717, 1.165) is 16.5 Å². The van der Waals surface area contributed by atoms with Crippen LogP contribution in [-0.4, -0.2) is 27.7 Å². The molecule has 2 aromatic rings. The van der Waals surface area contributed by atoms with Crippen LogP contribution in [0.1, 0.15) is 11.3 Å². The molecular weight excluding hydrogens is 220 g/mol. The smallest absolute Gasteiger partial charge is 0.357 e. The lowest BCUT2D eigenvalue weighted by molar-refractivity contribution is -0.165. The van der Waals surface area contributed by atoms with Crippen molar-refractivity contribution < 1.29 is 15.0 Å². The van der Waals surface area contributed by atoms with Gasteiger partial charge in [-0.05, 0) is 18.1 Å². The molecule has 5 nitrogen and oxygen atoms in total. The van der Waals surface area contributed by atoms with Crippen LogP contribution in [0.2, 0.25) is 0 Å². The Balaban J connectivity index is 2.31. The number of carboxylic acids is 1. The molecule has 1 atom stereocenters. The van der Waals surface area contributed by atoms with E-state index >= 15 is 0 Å². The third-order valence-electron chi connectivity index (χ3n) is 3.24. The molecule has 0 fully saturated rings. The molecule has 1 unspecified atom stereocenters. The fourth-order valence-corrected chi connectivity index (χ4v) is 2.41. The Morgan fingerprint density at radius 2 is 2.12 bits per heavy atom. The monoisotopic (exact) mass is 232 g/mol. The van der Waals surface area contributed by atoms with Gasteiger partial charge in [-0.3, -0.25) is 5.32 Å². The maximum atomic E-state index is 11.2. The first kappa shape index (κ1) is 10.3. The molecule has 1 aromatic carbocycles. The molecule has 0 saturated carbocycles. The maximum Gasteiger partial charge on any atom is 0.357 e. The first-order valence-electron chi connectivity index (χ1n) is 5.44. The molecule has 0 amide bonds. The molecule has 1 aliphatic heterocycles. The zero-order chi connectivity index (χ0) is 12.0. The second-order valence-corrected chi connectivity index (χ2v) is 4.22. The molecule has 0 spiro atoms. The van der Waals surface area contributed by atoms with Gasteiger partial charge in [-0.2, -0.15) is 0 Å². The van der Waals surface area contributed by atoms with E-state index in [2.05, 4.69) is 10.3 Å². The van der Waals surface area contributed by atoms with Gasteiger partial charge in [0.25, 0.3) is 5.72 Å². The number of hydrogen-bond donors (Lipinski definition) is 4. The van der Waals surface area contributed by atoms with Crippen molar-refractivity contribution in [2.45, 2.75) is 12.1 Å². The van der Waals surface area contributed by atoms with Crippen molar-refractivity contribution >= 4 is 16.9 Å². The predicted octanol–water partition coefficient (Wildman–Crippen LogP) is 0.543. The summed E-state index contributed by atoms with van der Waals surface area (Å²) < 4.78 is 0. The molecule has 0 radical (unpaired) electrons. The Kier molecular flexibility index (Phi) is 2.01. The number of aliphatic hydroxyl groups is 1. The van der Waals surface area contributed by atoms with Crippen LogP contribution < -0.4 is 5.32 Å². The van der Waals surface area contributed by atoms with Gasteiger partial charge in [-0.1, -0.05) is 18.2 Å². The van der Waals surface area contributed by atoms with Crippen molar-refractivity contribution in [2.75, 3.05) is 6.54 Å². The number of nitrogens with one attached hydrogen (secondary N) is 2. The number of benzene rings is 1. The molecule has 2 heterocycles. The number of fused-ring (bicyclic) bond motifs is 3. The summed E-state index contributed by atoms with van der Waals surface area (Å²) in [6.45, 7) is 0.442. The van der Waals surface area contributed by atoms with Gasteiger partial charge in [-0.15, -0.1) is 0 Å². The van der Waals surface area contributed by atoms with Gasteiger partial charge in [0.15, 0.2) is 0 Å². The van der Waals surface area contributed by atoms with Crippen molar-refractivity contribution in [1.82, 2.24) is 10.3 Å². The third-order valence-corrected chi connectivity index (χ3v) is 3.24. The Bertz CT molecular complexity index is 605. The third kappa shape index (κ3) is 1.30. The number of H-pyrrole nitrogens is 1. The van der Waals surface area contributed by atoms with Gasteiger partial charge in [0.2, 0.25) is 0 Å². The van der Waals surface area contributed by atoms with Gasteiger partial charge in [0.05, 0.1) is 5.69 Å². The molecule has 1 aromatic heterocycles. The first-order valence-corrected chi connectivity index (χ1v) is 5.44. The Hall–Kier alpha value is -1.85. The summed E-state index contributed by atoms with van der Waals surface area (Å²) in [7, 11) is 0. The van der Waals surface area contributed by atoms with E-state index < -0.39 is 11.7 Å². The van der Waals surface area contributed by atoms with Crippen LogP contribution in [0, 0.1) is 0 Å². The summed E-state index contributed by atoms with van der Waals surface area (Å²) in [6.07, 6.45) is 0.703. The number of aromatic amines is 1. The quantitative estimate of drug-likeness (QED) is 0.578. The summed E-state index contributed by atoms with van der Waals surface area (Å²) >= 11 is 0. The Morgan fingerprint density at radius 3 is 2.88 bits per heavy atom. The fraction of sp³-hybridized carbons (Fsp3) is 0.250. The number of aliphatic carboxylic acids is 1. The van der Waals surface area contributed by atoms with Gasteiger partial charge < -0.3 is 15.2 Å². The second kappa shape index (κ2) is 3.32. The lowest BCUT2D eigenvalue weighted by Gasteiger charge is -2.29. The zero-order valence-corrected chi connectivity index (χ0v) is 9.03. The topological polar surface area (TPSA) is 85.3 Å². The van der Waals surface area contributed by atoms with Crippen LogP contribution >= 0.6 is 0 Å². The number of rotatable bonds is 1. The summed E-state index contributed by atoms with van der Waals surface area (Å²) in [4.78, 5) is 14.2. The number of hydrogen-bond acceptors (Lipinski definition) is 3. The molecular formula is C12H12N2O3. The SMILES string of the molecule is O=C(O)C1(O)NCCc2c1[nH]c1ccccc21. The zero-order valence-electron chi connectivity index (χ0n) is 9.03. The molecule has 17 heavy (non-hydrogen) atoms. The average molecular weight is 232 g/mol. The van der Waals surface area contributed by atoms with Crippen LogP contribution in [0.4, 0.5) is 0 Å². The molecule has 88 valence electrons. The largest absolute Gasteiger partial charge is 0.478 e. The molecule has 5 heteroatoms. The number of carbonyl (C=O) groups is 1. The minimum Gasteiger partial charge on any atom is -0.478 e. The van der Waals surface area contributed by atoms with Crippen LogP contribution in [0.25, 0.3) is 10.9 Å². The van der Waals surface area contributed by atoms with Crippen LogP contribution in [0.15, 0.2) is 24.3 Å². The number of carboxylic acid groups (broad SMARTS) is 1. The predicted molar refractivity (Wildman–Crippen MR) is 61.5 cm³/mol. The van der Waals surface area contributed by atoms with E-state index in [-0.39, 0.29) is 0 Å². The van der Waals surface area contributed by atoms with Gasteiger partial charge in [0, 0.05) is 17.4 Å². The van der Waals surface area contributed by atoms with Crippen molar-refractivity contribution in [3.63, 3.8) is 0 Å². The van der Waals surface area contributed by atoms with Crippen molar-refractivity contribution in [2.24, 2.45) is 0 Å². The standard InChI is InChI=1S/C12H12N2O3/c15-11(16)12(17)10-8(5-6-13-12)7-3-1-2-4-9(7)14-10/h1-4,13-14,17H,5-6H2,(H,15,16). The van der Waals surface area contributed by atoms with Gasteiger partial charge in [-0.25, -0.2) is 4.79 Å². The average Bonchev–Trinajstić information content (AvgIpc) is 2.70. The molecule has 4 N–H and O–H groups in total. The van der Waals surface area contributed by atoms with Crippen LogP contribution in [-0.2, 0) is 16.9 Å². The second-order valence-electron chi connectivity index (χ2n) is 4.22. The fourth-order valence-electron chi connectivity index (χ4n) is 2.41. The van der Waals surface area contributed by atoms with Gasteiger partial charge >= 0.3 is 5.97 Å². The molecule has 0 aliphatic carbocycles. The molecule has 1 aliphatic rings. The van der Waals surface area contributed by atoms with E-state index in [9.17, 15) is 9.90 Å².